The Kier molecular flexibility index (Phi) is 13.6. The number of ether oxygens (including phenoxy) is 2. The zero-order valence-corrected chi connectivity index (χ0v) is 24.3. The van der Waals surface area contributed by atoms with Crippen LogP contribution in [0.15, 0.2) is 16.0 Å². The van der Waals surface area contributed by atoms with E-state index in [-0.39, 0.29) is 23.5 Å². The van der Waals surface area contributed by atoms with Gasteiger partial charge in [0, 0.05) is 18.9 Å². The number of carbonyl (C=O) groups excluding carboxylic acids is 1. The Morgan fingerprint density at radius 3 is 2.42 bits per heavy atom. The van der Waals surface area contributed by atoms with Crippen LogP contribution in [0.3, 0.4) is 0 Å². The zero-order valence-electron chi connectivity index (χ0n) is 23.4. The normalized spacial score (nSPS) is 23.0. The Bertz CT molecular complexity index is 761. The van der Waals surface area contributed by atoms with E-state index in [1.807, 2.05) is 6.92 Å². The van der Waals surface area contributed by atoms with Gasteiger partial charge in [0.2, 0.25) is 12.1 Å². The molecule has 36 heavy (non-hydrogen) atoms. The quantitative estimate of drug-likeness (QED) is 0.0586. The lowest BCUT2D eigenvalue weighted by Gasteiger charge is -2.43. The maximum Gasteiger partial charge on any atom is 0.316 e. The number of nitrogens with zero attached hydrogens (tertiary/aromatic N) is 2. The fourth-order valence-electron chi connectivity index (χ4n) is 5.66. The van der Waals surface area contributed by atoms with Crippen molar-refractivity contribution < 1.29 is 18.8 Å². The lowest BCUT2D eigenvalue weighted by atomic mass is 9.71. The molecule has 0 amide bonds. The maximum atomic E-state index is 13.6. The summed E-state index contributed by atoms with van der Waals surface area (Å²) in [6.45, 7) is 8.48. The van der Waals surface area contributed by atoms with Gasteiger partial charge >= 0.3 is 5.97 Å². The van der Waals surface area contributed by atoms with Crippen molar-refractivity contribution in [2.45, 2.75) is 123 Å². The molecule has 0 aromatic rings. The molecule has 7 heteroatoms. The van der Waals surface area contributed by atoms with Crippen LogP contribution in [-0.4, -0.2) is 55.0 Å². The van der Waals surface area contributed by atoms with Gasteiger partial charge < -0.3 is 9.47 Å². The standard InChI is InChI=1S/C29H51N3O3S/c1-5-7-9-12-18-29(19-13-11-14-20-29)28(33)35-24(3)32(4)21-16-17-25(23-32)26(31-36)27(30)34-22-15-10-8-6-2/h17,24H,5-16,18-23H2,1-4H3,(H-,30,36)/p+1. The molecule has 1 heterocycles. The van der Waals surface area contributed by atoms with E-state index in [4.69, 9.17) is 14.9 Å². The molecule has 0 saturated heterocycles. The number of carbonyl (C=O) groups is 1. The molecule has 2 rings (SSSR count). The number of quaternary nitrogens is 1. The number of hydrogen-bond donors (Lipinski definition) is 2. The van der Waals surface area contributed by atoms with Gasteiger partial charge in [-0.1, -0.05) is 84.1 Å². The molecule has 6 nitrogen and oxygen atoms in total. The van der Waals surface area contributed by atoms with E-state index in [2.05, 4.69) is 44.2 Å². The van der Waals surface area contributed by atoms with Crippen molar-refractivity contribution in [2.24, 2.45) is 9.81 Å². The monoisotopic (exact) mass is 522 g/mol. The zero-order chi connectivity index (χ0) is 26.4. The first-order valence-electron chi connectivity index (χ1n) is 14.5. The van der Waals surface area contributed by atoms with Crippen molar-refractivity contribution in [3.8, 4) is 0 Å². The molecule has 0 spiro atoms. The number of nitrogens with one attached hydrogen (secondary N) is 1. The first-order valence-corrected chi connectivity index (χ1v) is 14.9. The molecule has 2 atom stereocenters. The molecule has 1 fully saturated rings. The highest BCUT2D eigenvalue weighted by molar-refractivity contribution is 7.79. The molecule has 206 valence electrons. The van der Waals surface area contributed by atoms with E-state index in [0.717, 1.165) is 69.9 Å². The van der Waals surface area contributed by atoms with Crippen LogP contribution in [0.2, 0.25) is 0 Å². The number of thiol groups is 1. The summed E-state index contributed by atoms with van der Waals surface area (Å²) in [6, 6.07) is 0. The molecule has 0 radical (unpaired) electrons. The van der Waals surface area contributed by atoms with Crippen molar-refractivity contribution in [1.82, 2.24) is 0 Å². The van der Waals surface area contributed by atoms with Crippen molar-refractivity contribution >= 4 is 30.4 Å². The first-order chi connectivity index (χ1) is 17.3. The minimum Gasteiger partial charge on any atom is -0.477 e. The summed E-state index contributed by atoms with van der Waals surface area (Å²) < 4.78 is 16.7. The summed E-state index contributed by atoms with van der Waals surface area (Å²) in [5.74, 6) is 0.0898. The van der Waals surface area contributed by atoms with Gasteiger partial charge in [-0.25, -0.2) is 4.40 Å². The second-order valence-electron chi connectivity index (χ2n) is 11.2. The largest absolute Gasteiger partial charge is 0.477 e. The van der Waals surface area contributed by atoms with E-state index in [1.165, 1.54) is 38.5 Å². The predicted octanol–water partition coefficient (Wildman–Crippen LogP) is 7.43. The average Bonchev–Trinajstić information content (AvgIpc) is 2.87. The number of esters is 1. The van der Waals surface area contributed by atoms with Crippen LogP contribution in [0.4, 0.5) is 0 Å². The highest BCUT2D eigenvalue weighted by Crippen LogP contribution is 2.42. The summed E-state index contributed by atoms with van der Waals surface area (Å²) >= 11 is 4.17. The van der Waals surface area contributed by atoms with Gasteiger partial charge in [0.05, 0.1) is 25.6 Å². The van der Waals surface area contributed by atoms with Crippen LogP contribution in [0.5, 0.6) is 0 Å². The first kappa shape index (κ1) is 30.9. The van der Waals surface area contributed by atoms with E-state index in [1.54, 1.807) is 0 Å². The SMILES string of the molecule is CCCCCCOC(=N)/C(=N\S)C1=CCC[N+](C)(C(C)OC(=O)C2(CCCCCC)CCCCC2)C1. The lowest BCUT2D eigenvalue weighted by molar-refractivity contribution is -0.947. The Morgan fingerprint density at radius 1 is 1.11 bits per heavy atom. The molecule has 1 aliphatic heterocycles. The number of hydrogen-bond acceptors (Lipinski definition) is 6. The molecule has 2 unspecified atom stereocenters. The topological polar surface area (TPSA) is 71.7 Å². The molecule has 1 N–H and O–H groups in total. The van der Waals surface area contributed by atoms with Crippen LogP contribution in [0, 0.1) is 10.8 Å². The van der Waals surface area contributed by atoms with Crippen LogP contribution in [0.25, 0.3) is 0 Å². The third-order valence-electron chi connectivity index (χ3n) is 8.33. The number of rotatable bonds is 15. The third-order valence-corrected chi connectivity index (χ3v) is 8.53. The van der Waals surface area contributed by atoms with Crippen LogP contribution in [-0.2, 0) is 14.3 Å². The molecular weight excluding hydrogens is 470 g/mol. The fraction of sp³-hybridized carbons (Fsp3) is 0.828. The molecule has 0 aromatic heterocycles. The van der Waals surface area contributed by atoms with Crippen molar-refractivity contribution in [3.05, 3.63) is 11.6 Å². The number of likely N-dealkylation sites (N-methyl/N-ethyl adjacent to an activating group) is 1. The summed E-state index contributed by atoms with van der Waals surface area (Å²) in [5, 5.41) is 8.43. The maximum absolute atomic E-state index is 13.6. The van der Waals surface area contributed by atoms with Crippen molar-refractivity contribution in [2.75, 3.05) is 26.7 Å². The minimum absolute atomic E-state index is 0.00731. The van der Waals surface area contributed by atoms with Gasteiger partial charge in [0.25, 0.3) is 0 Å². The van der Waals surface area contributed by atoms with Crippen LogP contribution < -0.4 is 0 Å². The van der Waals surface area contributed by atoms with Gasteiger partial charge in [0.15, 0.2) is 0 Å². The fourth-order valence-corrected chi connectivity index (χ4v) is 5.88. The highest BCUT2D eigenvalue weighted by Gasteiger charge is 2.44. The Hall–Kier alpha value is -1.34. The summed E-state index contributed by atoms with van der Waals surface area (Å²) in [4.78, 5) is 13.6. The van der Waals surface area contributed by atoms with E-state index in [0.29, 0.717) is 23.3 Å². The lowest BCUT2D eigenvalue weighted by Crippen LogP contribution is -2.57. The average molecular weight is 523 g/mol. The molecule has 1 aliphatic carbocycles. The van der Waals surface area contributed by atoms with E-state index >= 15 is 0 Å². The minimum atomic E-state index is -0.306. The second-order valence-corrected chi connectivity index (χ2v) is 11.4. The summed E-state index contributed by atoms with van der Waals surface area (Å²) in [6.07, 6.45) is 18.2. The summed E-state index contributed by atoms with van der Waals surface area (Å²) in [5.41, 5.74) is 1.14. The van der Waals surface area contributed by atoms with Crippen LogP contribution >= 0.6 is 12.8 Å². The van der Waals surface area contributed by atoms with Gasteiger partial charge in [-0.15, -0.1) is 0 Å². The molecule has 0 bridgehead atoms. The van der Waals surface area contributed by atoms with Gasteiger partial charge in [-0.05, 0) is 38.5 Å². The summed E-state index contributed by atoms with van der Waals surface area (Å²) in [7, 11) is 2.14. The smallest absolute Gasteiger partial charge is 0.316 e. The van der Waals surface area contributed by atoms with E-state index in [9.17, 15) is 4.79 Å². The molecule has 2 aliphatic rings. The predicted molar refractivity (Wildman–Crippen MR) is 153 cm³/mol. The van der Waals surface area contributed by atoms with Gasteiger partial charge in [-0.2, -0.15) is 0 Å². The Balaban J connectivity index is 2.01. The number of unbranched alkanes of at least 4 members (excludes halogenated alkanes) is 6. The Morgan fingerprint density at radius 2 is 1.78 bits per heavy atom. The van der Waals surface area contributed by atoms with Gasteiger partial charge in [-0.3, -0.25) is 14.7 Å². The third kappa shape index (κ3) is 8.90. The highest BCUT2D eigenvalue weighted by atomic mass is 32.1. The van der Waals surface area contributed by atoms with Crippen LogP contribution in [0.1, 0.15) is 117 Å². The van der Waals surface area contributed by atoms with Crippen molar-refractivity contribution in [3.63, 3.8) is 0 Å². The molecule has 1 saturated carbocycles. The van der Waals surface area contributed by atoms with Gasteiger partial charge in [0.1, 0.15) is 12.3 Å². The Labute approximate surface area is 225 Å². The molecular formula is C29H52N3O3S+. The molecule has 0 aromatic carbocycles. The second kappa shape index (κ2) is 15.8. The van der Waals surface area contributed by atoms with Crippen molar-refractivity contribution in [1.29, 1.82) is 5.41 Å². The van der Waals surface area contributed by atoms with E-state index < -0.39 is 0 Å².